The molecule has 1 fully saturated rings. The van der Waals surface area contributed by atoms with Crippen LogP contribution in [0, 0.1) is 0 Å². The summed E-state index contributed by atoms with van der Waals surface area (Å²) >= 11 is 0. The average Bonchev–Trinajstić information content (AvgIpc) is 3.03. The minimum absolute atomic E-state index is 0.123. The van der Waals surface area contributed by atoms with E-state index in [1.165, 1.54) is 4.90 Å². The molecule has 0 unspecified atom stereocenters. The second-order valence-electron chi connectivity index (χ2n) is 3.70. The average molecular weight is 243 g/mol. The number of hydrogen-bond acceptors (Lipinski definition) is 3. The van der Waals surface area contributed by atoms with E-state index in [2.05, 4.69) is 9.97 Å². The van der Waals surface area contributed by atoms with Gasteiger partial charge < -0.3 is 4.98 Å². The maximum absolute atomic E-state index is 11.2. The van der Waals surface area contributed by atoms with Crippen molar-refractivity contribution in [2.45, 2.75) is 12.8 Å². The molecule has 0 bridgehead atoms. The van der Waals surface area contributed by atoms with E-state index in [0.29, 0.717) is 18.7 Å². The summed E-state index contributed by atoms with van der Waals surface area (Å²) in [5, 5.41) is 0. The van der Waals surface area contributed by atoms with Gasteiger partial charge >= 0.3 is 0 Å². The zero-order valence-electron chi connectivity index (χ0n) is 9.74. The van der Waals surface area contributed by atoms with Crippen LogP contribution in [-0.4, -0.2) is 21.8 Å². The van der Waals surface area contributed by atoms with Crippen molar-refractivity contribution in [1.82, 2.24) is 9.97 Å². The summed E-state index contributed by atoms with van der Waals surface area (Å²) in [6, 6.07) is 9.18. The maximum Gasteiger partial charge on any atom is 0.235 e. The maximum atomic E-state index is 11.2. The van der Waals surface area contributed by atoms with E-state index >= 15 is 0 Å². The summed E-state index contributed by atoms with van der Waals surface area (Å²) in [5.41, 5.74) is 0. The predicted molar refractivity (Wildman–Crippen MR) is 66.8 cm³/mol. The number of anilines is 1. The first-order valence-electron chi connectivity index (χ1n) is 5.63. The van der Waals surface area contributed by atoms with E-state index in [-0.39, 0.29) is 11.8 Å². The Morgan fingerprint density at radius 3 is 2.06 bits per heavy atom. The number of amides is 2. The molecule has 0 aliphatic carbocycles. The van der Waals surface area contributed by atoms with Gasteiger partial charge in [-0.1, -0.05) is 6.07 Å². The van der Waals surface area contributed by atoms with Gasteiger partial charge in [-0.2, -0.15) is 0 Å². The van der Waals surface area contributed by atoms with Gasteiger partial charge in [-0.25, -0.2) is 4.90 Å². The number of aromatic amines is 1. The molecule has 5 heteroatoms. The molecule has 3 rings (SSSR count). The van der Waals surface area contributed by atoms with Crippen molar-refractivity contribution in [2.24, 2.45) is 0 Å². The molecular formula is C13H13N3O2. The lowest BCUT2D eigenvalue weighted by Crippen LogP contribution is -2.28. The van der Waals surface area contributed by atoms with E-state index in [1.807, 2.05) is 18.2 Å². The van der Waals surface area contributed by atoms with Gasteiger partial charge in [0.1, 0.15) is 5.82 Å². The van der Waals surface area contributed by atoms with Crippen LogP contribution in [-0.2, 0) is 9.59 Å². The van der Waals surface area contributed by atoms with Crippen molar-refractivity contribution in [3.05, 3.63) is 48.9 Å². The zero-order chi connectivity index (χ0) is 12.8. The number of hydrogen-bond donors (Lipinski definition) is 1. The Bertz CT molecular complexity index is 466. The zero-order valence-corrected chi connectivity index (χ0v) is 9.74. The van der Waals surface area contributed by atoms with E-state index in [1.54, 1.807) is 30.7 Å². The molecule has 3 heterocycles. The molecule has 2 aromatic rings. The molecule has 18 heavy (non-hydrogen) atoms. The Balaban J connectivity index is 0.000000169. The summed E-state index contributed by atoms with van der Waals surface area (Å²) < 4.78 is 0. The molecule has 0 atom stereocenters. The number of aromatic nitrogens is 2. The van der Waals surface area contributed by atoms with E-state index in [0.717, 1.165) is 0 Å². The minimum atomic E-state index is -0.123. The fourth-order valence-corrected chi connectivity index (χ4v) is 1.62. The highest BCUT2D eigenvalue weighted by molar-refractivity contribution is 6.19. The number of rotatable bonds is 1. The monoisotopic (exact) mass is 243 g/mol. The summed E-state index contributed by atoms with van der Waals surface area (Å²) in [6.07, 6.45) is 5.85. The lowest BCUT2D eigenvalue weighted by atomic mass is 10.4. The number of nitrogens with one attached hydrogen (secondary N) is 1. The standard InChI is InChI=1S/C8H8N2O2.C5H5N/c11-7-3-4-8(12)10(7)6-2-1-5-9-6;1-2-4-6-5-3-1/h1-2,5,9H,3-4H2;1-5H. The van der Waals surface area contributed by atoms with Crippen molar-refractivity contribution < 1.29 is 9.59 Å². The SMILES string of the molecule is O=C1CCC(=O)N1c1ccc[nH]1.c1ccncc1. The van der Waals surface area contributed by atoms with Gasteiger partial charge in [-0.05, 0) is 24.3 Å². The van der Waals surface area contributed by atoms with Crippen LogP contribution in [0.3, 0.4) is 0 Å². The van der Waals surface area contributed by atoms with Crippen LogP contribution in [0.1, 0.15) is 12.8 Å². The molecular weight excluding hydrogens is 230 g/mol. The fraction of sp³-hybridized carbons (Fsp3) is 0.154. The summed E-state index contributed by atoms with van der Waals surface area (Å²) in [7, 11) is 0. The Morgan fingerprint density at radius 1 is 1.00 bits per heavy atom. The molecule has 1 aliphatic rings. The third-order valence-corrected chi connectivity index (χ3v) is 2.44. The quantitative estimate of drug-likeness (QED) is 0.776. The van der Waals surface area contributed by atoms with Crippen LogP contribution in [0.4, 0.5) is 5.82 Å². The van der Waals surface area contributed by atoms with Crippen LogP contribution in [0.2, 0.25) is 0 Å². The molecule has 2 aromatic heterocycles. The van der Waals surface area contributed by atoms with E-state index in [9.17, 15) is 9.59 Å². The number of carbonyl (C=O) groups excluding carboxylic acids is 2. The molecule has 0 spiro atoms. The Labute approximate surface area is 104 Å². The molecule has 92 valence electrons. The molecule has 1 N–H and O–H groups in total. The largest absolute Gasteiger partial charge is 0.348 e. The number of imide groups is 1. The van der Waals surface area contributed by atoms with Gasteiger partial charge in [0, 0.05) is 31.4 Å². The predicted octanol–water partition coefficient (Wildman–Crippen LogP) is 1.75. The Hall–Kier alpha value is -2.43. The van der Waals surface area contributed by atoms with Crippen molar-refractivity contribution in [3.8, 4) is 0 Å². The van der Waals surface area contributed by atoms with E-state index < -0.39 is 0 Å². The highest BCUT2D eigenvalue weighted by Crippen LogP contribution is 2.19. The Morgan fingerprint density at radius 2 is 1.67 bits per heavy atom. The molecule has 0 radical (unpaired) electrons. The van der Waals surface area contributed by atoms with Gasteiger partial charge in [0.05, 0.1) is 0 Å². The molecule has 1 saturated heterocycles. The summed E-state index contributed by atoms with van der Waals surface area (Å²) in [5.74, 6) is 0.326. The van der Waals surface area contributed by atoms with Gasteiger partial charge in [-0.3, -0.25) is 14.6 Å². The summed E-state index contributed by atoms with van der Waals surface area (Å²) in [4.78, 5) is 30.1. The first-order chi connectivity index (χ1) is 8.79. The minimum Gasteiger partial charge on any atom is -0.348 e. The molecule has 2 amide bonds. The molecule has 0 saturated carbocycles. The van der Waals surface area contributed by atoms with Crippen molar-refractivity contribution in [2.75, 3.05) is 4.90 Å². The number of nitrogens with zero attached hydrogens (tertiary/aromatic N) is 2. The topological polar surface area (TPSA) is 66.1 Å². The first-order valence-corrected chi connectivity index (χ1v) is 5.63. The van der Waals surface area contributed by atoms with Gasteiger partial charge in [-0.15, -0.1) is 0 Å². The third kappa shape index (κ3) is 2.82. The normalized spacial score (nSPS) is 14.3. The number of carbonyl (C=O) groups is 2. The van der Waals surface area contributed by atoms with Crippen molar-refractivity contribution in [1.29, 1.82) is 0 Å². The fourth-order valence-electron chi connectivity index (χ4n) is 1.62. The molecule has 0 aromatic carbocycles. The van der Waals surface area contributed by atoms with Crippen LogP contribution in [0.5, 0.6) is 0 Å². The van der Waals surface area contributed by atoms with Crippen LogP contribution < -0.4 is 4.90 Å². The van der Waals surface area contributed by atoms with Crippen LogP contribution in [0.15, 0.2) is 48.9 Å². The smallest absolute Gasteiger partial charge is 0.235 e. The lowest BCUT2D eigenvalue weighted by molar-refractivity contribution is -0.121. The van der Waals surface area contributed by atoms with E-state index in [4.69, 9.17) is 0 Å². The molecule has 5 nitrogen and oxygen atoms in total. The first kappa shape index (κ1) is 12.0. The van der Waals surface area contributed by atoms with Gasteiger partial charge in [0.25, 0.3) is 0 Å². The lowest BCUT2D eigenvalue weighted by Gasteiger charge is -2.09. The number of H-pyrrole nitrogens is 1. The van der Waals surface area contributed by atoms with Crippen molar-refractivity contribution >= 4 is 17.6 Å². The third-order valence-electron chi connectivity index (χ3n) is 2.44. The highest BCUT2D eigenvalue weighted by atomic mass is 16.2. The van der Waals surface area contributed by atoms with Crippen molar-refractivity contribution in [3.63, 3.8) is 0 Å². The summed E-state index contributed by atoms with van der Waals surface area (Å²) in [6.45, 7) is 0. The molecule has 1 aliphatic heterocycles. The van der Waals surface area contributed by atoms with Crippen LogP contribution >= 0.6 is 0 Å². The van der Waals surface area contributed by atoms with Gasteiger partial charge in [0.2, 0.25) is 11.8 Å². The second kappa shape index (κ2) is 5.77. The number of pyridine rings is 1. The van der Waals surface area contributed by atoms with Gasteiger partial charge in [0.15, 0.2) is 0 Å². The Kier molecular flexibility index (Phi) is 3.86. The second-order valence-corrected chi connectivity index (χ2v) is 3.70. The highest BCUT2D eigenvalue weighted by Gasteiger charge is 2.30. The van der Waals surface area contributed by atoms with Crippen LogP contribution in [0.25, 0.3) is 0 Å².